The van der Waals surface area contributed by atoms with E-state index in [4.69, 9.17) is 5.73 Å². The van der Waals surface area contributed by atoms with Crippen LogP contribution in [0, 0.1) is 0 Å². The van der Waals surface area contributed by atoms with Gasteiger partial charge in [0.1, 0.15) is 5.78 Å². The van der Waals surface area contributed by atoms with Crippen molar-refractivity contribution in [2.24, 2.45) is 5.73 Å². The van der Waals surface area contributed by atoms with Crippen LogP contribution in [0.15, 0.2) is 16.8 Å². The molecule has 0 aliphatic rings. The van der Waals surface area contributed by atoms with E-state index in [1.807, 2.05) is 16.8 Å². The van der Waals surface area contributed by atoms with Gasteiger partial charge in [-0.15, -0.1) is 0 Å². The first kappa shape index (κ1) is 8.43. The fourth-order valence-electron chi connectivity index (χ4n) is 0.806. The van der Waals surface area contributed by atoms with Crippen LogP contribution in [0.3, 0.4) is 0 Å². The third-order valence-electron chi connectivity index (χ3n) is 1.56. The zero-order valence-corrected chi connectivity index (χ0v) is 7.23. The van der Waals surface area contributed by atoms with Gasteiger partial charge < -0.3 is 5.73 Å². The van der Waals surface area contributed by atoms with Crippen LogP contribution >= 0.6 is 11.3 Å². The Morgan fingerprint density at radius 1 is 1.82 bits per heavy atom. The number of rotatable bonds is 3. The van der Waals surface area contributed by atoms with Crippen LogP contribution in [0.5, 0.6) is 0 Å². The van der Waals surface area contributed by atoms with Crippen molar-refractivity contribution in [2.45, 2.75) is 19.4 Å². The summed E-state index contributed by atoms with van der Waals surface area (Å²) in [6.45, 7) is 1.52. The van der Waals surface area contributed by atoms with Crippen molar-refractivity contribution in [3.05, 3.63) is 22.4 Å². The Morgan fingerprint density at radius 3 is 3.00 bits per heavy atom. The maximum absolute atomic E-state index is 10.7. The highest BCUT2D eigenvalue weighted by Crippen LogP contribution is 2.07. The minimum Gasteiger partial charge on any atom is -0.321 e. The Morgan fingerprint density at radius 2 is 2.55 bits per heavy atom. The number of hydrogen-bond donors (Lipinski definition) is 1. The third kappa shape index (κ3) is 2.44. The molecule has 1 atom stereocenters. The molecule has 2 N–H and O–H groups in total. The molecule has 0 saturated heterocycles. The van der Waals surface area contributed by atoms with Gasteiger partial charge in [0, 0.05) is 0 Å². The topological polar surface area (TPSA) is 43.1 Å². The van der Waals surface area contributed by atoms with Crippen LogP contribution in [0.2, 0.25) is 0 Å². The Hall–Kier alpha value is -0.670. The molecule has 0 fully saturated rings. The molecule has 0 spiro atoms. The molecule has 3 heteroatoms. The Kier molecular flexibility index (Phi) is 2.79. The molecule has 0 amide bonds. The summed E-state index contributed by atoms with van der Waals surface area (Å²) in [4.78, 5) is 10.7. The lowest BCUT2D eigenvalue weighted by Gasteiger charge is -2.04. The first-order valence-electron chi connectivity index (χ1n) is 3.47. The second-order valence-corrected chi connectivity index (χ2v) is 3.33. The van der Waals surface area contributed by atoms with Crippen molar-refractivity contribution in [3.8, 4) is 0 Å². The first-order chi connectivity index (χ1) is 5.20. The minimum absolute atomic E-state index is 0.0520. The third-order valence-corrected chi connectivity index (χ3v) is 2.29. The molecule has 1 aromatic rings. The average Bonchev–Trinajstić information content (AvgIpc) is 2.39. The number of carbonyl (C=O) groups is 1. The molecule has 1 aromatic heterocycles. The van der Waals surface area contributed by atoms with Gasteiger partial charge in [0.25, 0.3) is 0 Å². The Balaban J connectivity index is 2.50. The molecular formula is C8H11NOS. The largest absolute Gasteiger partial charge is 0.321 e. The van der Waals surface area contributed by atoms with Crippen LogP contribution in [0.1, 0.15) is 12.5 Å². The molecule has 2 nitrogen and oxygen atoms in total. The van der Waals surface area contributed by atoms with Gasteiger partial charge in [-0.1, -0.05) is 0 Å². The van der Waals surface area contributed by atoms with Crippen LogP contribution < -0.4 is 5.73 Å². The Bertz CT molecular complexity index is 230. The summed E-state index contributed by atoms with van der Waals surface area (Å²) in [6, 6.07) is 1.66. The van der Waals surface area contributed by atoms with E-state index in [-0.39, 0.29) is 11.8 Å². The van der Waals surface area contributed by atoms with Crippen molar-refractivity contribution in [3.63, 3.8) is 0 Å². The highest BCUT2D eigenvalue weighted by atomic mass is 32.1. The van der Waals surface area contributed by atoms with Gasteiger partial charge in [-0.05, 0) is 35.7 Å². The van der Waals surface area contributed by atoms with Crippen LogP contribution in [0.4, 0.5) is 0 Å². The van der Waals surface area contributed by atoms with Crippen molar-refractivity contribution in [1.29, 1.82) is 0 Å². The standard InChI is InChI=1S/C8H11NOS/c1-6(10)8(9)4-7-2-3-11-5-7/h2-3,5,8H,4,9H2,1H3. The number of carbonyl (C=O) groups excluding carboxylic acids is 1. The summed E-state index contributed by atoms with van der Waals surface area (Å²) in [7, 11) is 0. The molecule has 0 bridgehead atoms. The van der Waals surface area contributed by atoms with E-state index in [2.05, 4.69) is 0 Å². The molecule has 0 aromatic carbocycles. The highest BCUT2D eigenvalue weighted by molar-refractivity contribution is 7.07. The van der Waals surface area contributed by atoms with Gasteiger partial charge in [0.2, 0.25) is 0 Å². The average molecular weight is 169 g/mol. The maximum atomic E-state index is 10.7. The molecule has 0 aliphatic carbocycles. The summed E-state index contributed by atoms with van der Waals surface area (Å²) in [5.74, 6) is 0.0520. The van der Waals surface area contributed by atoms with E-state index < -0.39 is 0 Å². The quantitative estimate of drug-likeness (QED) is 0.739. The number of hydrogen-bond acceptors (Lipinski definition) is 3. The molecular weight excluding hydrogens is 158 g/mol. The monoisotopic (exact) mass is 169 g/mol. The summed E-state index contributed by atoms with van der Waals surface area (Å²) in [5, 5.41) is 4.00. The van der Waals surface area contributed by atoms with E-state index in [1.165, 1.54) is 6.92 Å². The van der Waals surface area contributed by atoms with Crippen LogP contribution in [0.25, 0.3) is 0 Å². The zero-order valence-electron chi connectivity index (χ0n) is 6.41. The van der Waals surface area contributed by atoms with Crippen molar-refractivity contribution in [2.75, 3.05) is 0 Å². The summed E-state index contributed by atoms with van der Waals surface area (Å²) >= 11 is 1.63. The van der Waals surface area contributed by atoms with Crippen molar-refractivity contribution < 1.29 is 4.79 Å². The van der Waals surface area contributed by atoms with Crippen molar-refractivity contribution >= 4 is 17.1 Å². The van der Waals surface area contributed by atoms with Gasteiger partial charge in [-0.2, -0.15) is 11.3 Å². The number of nitrogens with two attached hydrogens (primary N) is 1. The second kappa shape index (κ2) is 3.64. The maximum Gasteiger partial charge on any atom is 0.146 e. The van der Waals surface area contributed by atoms with Gasteiger partial charge in [0.15, 0.2) is 0 Å². The molecule has 0 radical (unpaired) electrons. The van der Waals surface area contributed by atoms with Crippen LogP contribution in [-0.4, -0.2) is 11.8 Å². The van der Waals surface area contributed by atoms with E-state index >= 15 is 0 Å². The summed E-state index contributed by atoms with van der Waals surface area (Å²) in [5.41, 5.74) is 6.71. The molecule has 1 heterocycles. The summed E-state index contributed by atoms with van der Waals surface area (Å²) in [6.07, 6.45) is 0.666. The van der Waals surface area contributed by atoms with Gasteiger partial charge >= 0.3 is 0 Å². The molecule has 0 saturated carbocycles. The van der Waals surface area contributed by atoms with Crippen LogP contribution in [-0.2, 0) is 11.2 Å². The lowest BCUT2D eigenvalue weighted by molar-refractivity contribution is -0.118. The lowest BCUT2D eigenvalue weighted by Crippen LogP contribution is -2.30. The fraction of sp³-hybridized carbons (Fsp3) is 0.375. The SMILES string of the molecule is CC(=O)C(N)Cc1ccsc1. The molecule has 60 valence electrons. The first-order valence-corrected chi connectivity index (χ1v) is 4.41. The van der Waals surface area contributed by atoms with Gasteiger partial charge in [-0.25, -0.2) is 0 Å². The molecule has 1 rings (SSSR count). The van der Waals surface area contributed by atoms with E-state index in [0.29, 0.717) is 6.42 Å². The fourth-order valence-corrected chi connectivity index (χ4v) is 1.49. The van der Waals surface area contributed by atoms with E-state index in [9.17, 15) is 4.79 Å². The molecule has 0 aliphatic heterocycles. The minimum atomic E-state index is -0.329. The predicted octanol–water partition coefficient (Wildman–Crippen LogP) is 1.21. The molecule has 11 heavy (non-hydrogen) atoms. The molecule has 1 unspecified atom stereocenters. The van der Waals surface area contributed by atoms with Gasteiger partial charge in [-0.3, -0.25) is 4.79 Å². The van der Waals surface area contributed by atoms with Crippen molar-refractivity contribution in [1.82, 2.24) is 0 Å². The number of thiophene rings is 1. The number of Topliss-reactive ketones (excluding diaryl/α,β-unsaturated/α-hetero) is 1. The predicted molar refractivity (Wildman–Crippen MR) is 46.7 cm³/mol. The van der Waals surface area contributed by atoms with E-state index in [1.54, 1.807) is 11.3 Å². The smallest absolute Gasteiger partial charge is 0.146 e. The van der Waals surface area contributed by atoms with Gasteiger partial charge in [0.05, 0.1) is 6.04 Å². The highest BCUT2D eigenvalue weighted by Gasteiger charge is 2.08. The van der Waals surface area contributed by atoms with E-state index in [0.717, 1.165) is 5.56 Å². The Labute approximate surface area is 70.0 Å². The number of ketones is 1. The lowest BCUT2D eigenvalue weighted by atomic mass is 10.1. The second-order valence-electron chi connectivity index (χ2n) is 2.55. The zero-order chi connectivity index (χ0) is 8.27. The summed E-state index contributed by atoms with van der Waals surface area (Å²) < 4.78 is 0. The normalized spacial score (nSPS) is 12.9.